The van der Waals surface area contributed by atoms with Crippen LogP contribution in [0.4, 0.5) is 5.82 Å². The van der Waals surface area contributed by atoms with E-state index in [-0.39, 0.29) is 22.4 Å². The number of carbonyl (C=O) groups excluding carboxylic acids is 1. The van der Waals surface area contributed by atoms with E-state index >= 15 is 0 Å². The first-order valence-corrected chi connectivity index (χ1v) is 9.58. The minimum Gasteiger partial charge on any atom is -0.411 e. The molecule has 0 atom stereocenters. The number of carbonyl (C=O) groups is 1. The first kappa shape index (κ1) is 19.6. The normalized spacial score (nSPS) is 10.9. The third kappa shape index (κ3) is 4.06. The maximum Gasteiger partial charge on any atom is 0.329 e. The van der Waals surface area contributed by atoms with Crippen molar-refractivity contribution in [1.82, 2.24) is 19.7 Å². The minimum atomic E-state index is -0.800. The fourth-order valence-corrected chi connectivity index (χ4v) is 3.22. The molecule has 1 aromatic carbocycles. The molecule has 9 nitrogen and oxygen atoms in total. The number of nitrogens with one attached hydrogen (secondary N) is 1. The highest BCUT2D eigenvalue weighted by molar-refractivity contribution is 7.99. The number of benzene rings is 1. The number of nitrogen functional groups attached to an aromatic ring is 1. The second-order valence-corrected chi connectivity index (χ2v) is 7.05. The number of aryl methyl sites for hydroxylation is 1. The molecule has 0 aliphatic carbocycles. The van der Waals surface area contributed by atoms with Crippen molar-refractivity contribution in [3.63, 3.8) is 0 Å². The van der Waals surface area contributed by atoms with Crippen LogP contribution >= 0.6 is 11.8 Å². The number of hydrogen-bond acceptors (Lipinski definition) is 8. The minimum absolute atomic E-state index is 0.132. The Bertz CT molecular complexity index is 1110. The summed E-state index contributed by atoms with van der Waals surface area (Å²) in [5, 5.41) is 8.07. The zero-order valence-electron chi connectivity index (χ0n) is 15.4. The van der Waals surface area contributed by atoms with E-state index in [9.17, 15) is 14.4 Å². The highest BCUT2D eigenvalue weighted by atomic mass is 32.2. The number of ketones is 1. The van der Waals surface area contributed by atoms with Crippen LogP contribution in [0.1, 0.15) is 29.3 Å². The van der Waals surface area contributed by atoms with Crippen LogP contribution in [0.2, 0.25) is 0 Å². The van der Waals surface area contributed by atoms with Crippen LogP contribution in [0.5, 0.6) is 0 Å². The summed E-state index contributed by atoms with van der Waals surface area (Å²) in [6.45, 7) is 4.13. The summed E-state index contributed by atoms with van der Waals surface area (Å²) in [7, 11) is 0. The average Bonchev–Trinajstić information content (AvgIpc) is 3.13. The van der Waals surface area contributed by atoms with Gasteiger partial charge in [0.05, 0.1) is 5.75 Å². The molecule has 10 heteroatoms. The Morgan fingerprint density at radius 3 is 2.64 bits per heavy atom. The van der Waals surface area contributed by atoms with E-state index in [1.54, 1.807) is 0 Å². The molecule has 3 aromatic rings. The maximum absolute atomic E-state index is 12.5. The number of hydrogen-bond donors (Lipinski definition) is 2. The lowest BCUT2D eigenvalue weighted by molar-refractivity contribution is 0.102. The van der Waals surface area contributed by atoms with Crippen molar-refractivity contribution in [2.75, 3.05) is 11.5 Å². The molecule has 28 heavy (non-hydrogen) atoms. The topological polar surface area (TPSA) is 137 Å². The molecule has 0 unspecified atom stereocenters. The van der Waals surface area contributed by atoms with Gasteiger partial charge in [-0.2, -0.15) is 0 Å². The van der Waals surface area contributed by atoms with Gasteiger partial charge in [0, 0.05) is 12.1 Å². The summed E-state index contributed by atoms with van der Waals surface area (Å²) in [5.41, 5.74) is 6.10. The van der Waals surface area contributed by atoms with E-state index in [1.165, 1.54) is 4.57 Å². The van der Waals surface area contributed by atoms with E-state index in [4.69, 9.17) is 10.2 Å². The zero-order valence-corrected chi connectivity index (χ0v) is 16.2. The van der Waals surface area contributed by atoms with Crippen LogP contribution < -0.4 is 17.0 Å². The van der Waals surface area contributed by atoms with Crippen molar-refractivity contribution < 1.29 is 9.21 Å². The molecule has 0 aliphatic rings. The predicted molar refractivity (Wildman–Crippen MR) is 106 cm³/mol. The lowest BCUT2D eigenvalue weighted by atomic mass is 10.1. The largest absolute Gasteiger partial charge is 0.411 e. The molecule has 0 amide bonds. The predicted octanol–water partition coefficient (Wildman–Crippen LogP) is 1.86. The van der Waals surface area contributed by atoms with Crippen molar-refractivity contribution in [3.05, 3.63) is 56.2 Å². The monoisotopic (exact) mass is 401 g/mol. The molecular formula is C18H19N5O4S. The molecule has 2 heterocycles. The smallest absolute Gasteiger partial charge is 0.329 e. The van der Waals surface area contributed by atoms with Crippen molar-refractivity contribution in [2.45, 2.75) is 32.0 Å². The van der Waals surface area contributed by atoms with E-state index in [1.807, 2.05) is 38.1 Å². The Hall–Kier alpha value is -3.14. The average molecular weight is 401 g/mol. The van der Waals surface area contributed by atoms with Crippen molar-refractivity contribution >= 4 is 23.4 Å². The molecule has 3 N–H and O–H groups in total. The lowest BCUT2D eigenvalue weighted by Crippen LogP contribution is -2.36. The van der Waals surface area contributed by atoms with E-state index in [2.05, 4.69) is 15.2 Å². The van der Waals surface area contributed by atoms with Gasteiger partial charge in [-0.3, -0.25) is 19.1 Å². The number of H-pyrrole nitrogens is 1. The molecule has 146 valence electrons. The summed E-state index contributed by atoms with van der Waals surface area (Å²) in [4.78, 5) is 38.5. The van der Waals surface area contributed by atoms with Gasteiger partial charge in [0.2, 0.25) is 5.89 Å². The zero-order chi connectivity index (χ0) is 20.3. The fourth-order valence-electron chi connectivity index (χ4n) is 2.58. The number of aromatic amines is 1. The number of rotatable bonds is 7. The van der Waals surface area contributed by atoms with Crippen LogP contribution in [0.3, 0.4) is 0 Å². The number of thioether (sulfide) groups is 1. The van der Waals surface area contributed by atoms with Gasteiger partial charge in [-0.1, -0.05) is 36.4 Å². The van der Waals surface area contributed by atoms with Crippen molar-refractivity contribution in [3.8, 4) is 11.5 Å². The summed E-state index contributed by atoms with van der Waals surface area (Å²) in [6, 6.07) is 7.58. The van der Waals surface area contributed by atoms with Gasteiger partial charge < -0.3 is 10.2 Å². The lowest BCUT2D eigenvalue weighted by Gasteiger charge is -2.10. The quantitative estimate of drug-likeness (QED) is 0.452. The number of nitrogens with two attached hydrogens (primary N) is 1. The van der Waals surface area contributed by atoms with Crippen molar-refractivity contribution in [1.29, 1.82) is 0 Å². The van der Waals surface area contributed by atoms with Gasteiger partial charge in [0.1, 0.15) is 11.4 Å². The molecule has 2 aromatic heterocycles. The van der Waals surface area contributed by atoms with Gasteiger partial charge in [-0.25, -0.2) is 4.79 Å². The Labute approximate surface area is 164 Å². The van der Waals surface area contributed by atoms with Gasteiger partial charge >= 0.3 is 5.69 Å². The van der Waals surface area contributed by atoms with Crippen LogP contribution in [-0.4, -0.2) is 31.3 Å². The Morgan fingerprint density at radius 1 is 1.25 bits per heavy atom. The van der Waals surface area contributed by atoms with E-state index < -0.39 is 17.0 Å². The maximum atomic E-state index is 12.5. The Balaban J connectivity index is 1.76. The van der Waals surface area contributed by atoms with Crippen LogP contribution in [0.25, 0.3) is 11.5 Å². The molecule has 0 saturated heterocycles. The number of aromatic nitrogens is 4. The number of nitrogens with zero attached hydrogens (tertiary/aromatic N) is 3. The van der Waals surface area contributed by atoms with E-state index in [0.717, 1.165) is 22.9 Å². The summed E-state index contributed by atoms with van der Waals surface area (Å²) >= 11 is 0.997. The first-order chi connectivity index (χ1) is 13.4. The van der Waals surface area contributed by atoms with Crippen LogP contribution in [0.15, 0.2) is 43.5 Å². The van der Waals surface area contributed by atoms with Crippen LogP contribution in [0, 0.1) is 6.92 Å². The Morgan fingerprint density at radius 2 is 1.96 bits per heavy atom. The van der Waals surface area contributed by atoms with Crippen molar-refractivity contribution in [2.24, 2.45) is 0 Å². The van der Waals surface area contributed by atoms with Gasteiger partial charge in [0.25, 0.3) is 10.8 Å². The highest BCUT2D eigenvalue weighted by Crippen LogP contribution is 2.24. The highest BCUT2D eigenvalue weighted by Gasteiger charge is 2.20. The van der Waals surface area contributed by atoms with Gasteiger partial charge in [-0.05, 0) is 25.5 Å². The number of anilines is 1. The number of Topliss-reactive ketones (excluding diaryl/α,β-unsaturated/α-hetero) is 1. The molecule has 0 spiro atoms. The fraction of sp³-hybridized carbons (Fsp3) is 0.278. The van der Waals surface area contributed by atoms with Gasteiger partial charge in [0.15, 0.2) is 5.78 Å². The van der Waals surface area contributed by atoms with E-state index in [0.29, 0.717) is 18.9 Å². The van der Waals surface area contributed by atoms with Crippen LogP contribution in [-0.2, 0) is 6.54 Å². The second-order valence-electron chi connectivity index (χ2n) is 6.12. The molecule has 0 bridgehead atoms. The Kier molecular flexibility index (Phi) is 5.78. The molecule has 0 fully saturated rings. The van der Waals surface area contributed by atoms with Gasteiger partial charge in [-0.15, -0.1) is 10.2 Å². The summed E-state index contributed by atoms with van der Waals surface area (Å²) < 4.78 is 6.74. The second kappa shape index (κ2) is 8.26. The molecule has 3 rings (SSSR count). The molecular weight excluding hydrogens is 382 g/mol. The standard InChI is InChI=1S/C18H19N5O4S/c1-3-8-23-14(19)13(15(25)20-17(23)26)12(24)9-28-18-22-21-16(27-18)11-6-4-10(2)5-7-11/h4-7H,3,8-9,19H2,1-2H3,(H,20,25,26). The first-order valence-electron chi connectivity index (χ1n) is 8.59. The molecule has 0 saturated carbocycles. The SMILES string of the molecule is CCCn1c(N)c(C(=O)CSc2nnc(-c3ccc(C)cc3)o2)c(=O)[nH]c1=O. The third-order valence-corrected chi connectivity index (χ3v) is 4.82. The summed E-state index contributed by atoms with van der Waals surface area (Å²) in [5.74, 6) is -0.452. The molecule has 0 aliphatic heterocycles. The molecule has 0 radical (unpaired) electrons. The third-order valence-electron chi connectivity index (χ3n) is 4.00. The summed E-state index contributed by atoms with van der Waals surface area (Å²) in [6.07, 6.45) is 0.627.